The van der Waals surface area contributed by atoms with Gasteiger partial charge in [-0.05, 0) is 108 Å². The molecule has 1 aromatic heterocycles. The van der Waals surface area contributed by atoms with Crippen LogP contribution in [0, 0.1) is 6.57 Å². The van der Waals surface area contributed by atoms with Crippen molar-refractivity contribution in [2.45, 2.75) is 5.41 Å². The normalized spacial score (nSPS) is 12.6. The molecule has 9 aromatic carbocycles. The molecule has 0 saturated carbocycles. The number of aromatic nitrogens is 3. The van der Waals surface area contributed by atoms with Crippen LogP contribution in [0.5, 0.6) is 0 Å². The number of benzene rings is 9. The molecule has 0 atom stereocenters. The van der Waals surface area contributed by atoms with E-state index in [2.05, 4.69) is 175 Å². The van der Waals surface area contributed by atoms with Gasteiger partial charge in [0.2, 0.25) is 0 Å². The molecule has 10 aromatic rings. The van der Waals surface area contributed by atoms with Crippen molar-refractivity contribution < 1.29 is 0 Å². The maximum atomic E-state index is 7.86. The van der Waals surface area contributed by atoms with Crippen molar-refractivity contribution in [3.8, 4) is 89.8 Å². The minimum atomic E-state index is -0.498. The van der Waals surface area contributed by atoms with Gasteiger partial charge in [-0.1, -0.05) is 188 Å². The molecule has 0 unspecified atom stereocenters. The van der Waals surface area contributed by atoms with E-state index in [1.165, 1.54) is 38.9 Å². The van der Waals surface area contributed by atoms with Crippen molar-refractivity contribution in [1.29, 1.82) is 0 Å². The zero-order chi connectivity index (χ0) is 41.9. The summed E-state index contributed by atoms with van der Waals surface area (Å²) in [4.78, 5) is 19.3. The summed E-state index contributed by atoms with van der Waals surface area (Å²) in [7, 11) is 0. The number of fused-ring (bicyclic) bond motifs is 10. The van der Waals surface area contributed by atoms with Crippen molar-refractivity contribution in [1.82, 2.24) is 15.0 Å². The zero-order valence-electron chi connectivity index (χ0n) is 34.1. The Morgan fingerprint density at radius 1 is 0.286 bits per heavy atom. The largest absolute Gasteiger partial charge is 0.238 e. The number of nitrogens with zero attached hydrogens (tertiary/aromatic N) is 4. The molecule has 0 fully saturated rings. The van der Waals surface area contributed by atoms with E-state index < -0.39 is 5.41 Å². The van der Waals surface area contributed by atoms with E-state index >= 15 is 0 Å². The van der Waals surface area contributed by atoms with E-state index in [4.69, 9.17) is 21.5 Å². The van der Waals surface area contributed by atoms with Crippen LogP contribution < -0.4 is 0 Å². The van der Waals surface area contributed by atoms with Crippen LogP contribution in [-0.2, 0) is 5.41 Å². The molecule has 0 radical (unpaired) electrons. The summed E-state index contributed by atoms with van der Waals surface area (Å²) < 4.78 is 0. The van der Waals surface area contributed by atoms with Gasteiger partial charge in [0.05, 0.1) is 12.0 Å². The number of rotatable bonds is 6. The monoisotopic (exact) mass is 800 g/mol. The van der Waals surface area contributed by atoms with Gasteiger partial charge < -0.3 is 0 Å². The molecule has 4 nitrogen and oxygen atoms in total. The minimum Gasteiger partial charge on any atom is -0.238 e. The molecule has 0 bridgehead atoms. The maximum Gasteiger partial charge on any atom is 0.187 e. The minimum absolute atomic E-state index is 0.498. The molecule has 4 heteroatoms. The lowest BCUT2D eigenvalue weighted by Gasteiger charge is -2.30. The summed E-state index contributed by atoms with van der Waals surface area (Å²) in [6.07, 6.45) is 0. The average Bonchev–Trinajstić information content (AvgIpc) is 3.83. The van der Waals surface area contributed by atoms with Crippen LogP contribution in [0.1, 0.15) is 22.3 Å². The molecule has 1 spiro atoms. The first-order chi connectivity index (χ1) is 31.2. The SMILES string of the molecule is [C-]#[N+]c1ccc2c(c1)-c1ccc(-c3ccc(-c4nc(-c5ccccc5)nc(-c5cc(-c6ccccc6)cc(-c6ccccc6)c5)n4)cc3)cc1C21c2ccccc2-c2ccccc21. The van der Waals surface area contributed by atoms with Gasteiger partial charge in [0.15, 0.2) is 23.2 Å². The van der Waals surface area contributed by atoms with Crippen molar-refractivity contribution in [2.75, 3.05) is 0 Å². The van der Waals surface area contributed by atoms with Crippen molar-refractivity contribution >= 4 is 5.69 Å². The molecule has 0 amide bonds. The predicted octanol–water partition coefficient (Wildman–Crippen LogP) is 14.8. The van der Waals surface area contributed by atoms with Crippen LogP contribution in [0.25, 0.3) is 94.6 Å². The third kappa shape index (κ3) is 5.86. The second-order valence-electron chi connectivity index (χ2n) is 16.2. The van der Waals surface area contributed by atoms with Crippen LogP contribution in [-0.4, -0.2) is 15.0 Å². The molecular formula is C59H36N4. The van der Waals surface area contributed by atoms with Crippen LogP contribution in [0.2, 0.25) is 0 Å². The highest BCUT2D eigenvalue weighted by Crippen LogP contribution is 2.63. The molecule has 0 saturated heterocycles. The van der Waals surface area contributed by atoms with Crippen LogP contribution in [0.15, 0.2) is 218 Å². The maximum absolute atomic E-state index is 7.86. The van der Waals surface area contributed by atoms with E-state index in [-0.39, 0.29) is 0 Å². The lowest BCUT2D eigenvalue weighted by Crippen LogP contribution is -2.25. The molecule has 1 heterocycles. The van der Waals surface area contributed by atoms with Crippen molar-refractivity contribution in [3.63, 3.8) is 0 Å². The molecule has 2 aliphatic rings. The van der Waals surface area contributed by atoms with Crippen LogP contribution >= 0.6 is 0 Å². The molecule has 12 rings (SSSR count). The first kappa shape index (κ1) is 36.3. The fraction of sp³-hybridized carbons (Fsp3) is 0.0169. The smallest absolute Gasteiger partial charge is 0.187 e. The van der Waals surface area contributed by atoms with E-state index in [0.717, 1.165) is 55.6 Å². The summed E-state index contributed by atoms with van der Waals surface area (Å²) in [5, 5.41) is 0. The summed E-state index contributed by atoms with van der Waals surface area (Å²) in [6.45, 7) is 7.86. The van der Waals surface area contributed by atoms with Gasteiger partial charge in [0.25, 0.3) is 0 Å². The van der Waals surface area contributed by atoms with Gasteiger partial charge in [-0.15, -0.1) is 0 Å². The van der Waals surface area contributed by atoms with Crippen LogP contribution in [0.4, 0.5) is 5.69 Å². The third-order valence-electron chi connectivity index (χ3n) is 12.8. The fourth-order valence-corrected chi connectivity index (χ4v) is 9.89. The Kier molecular flexibility index (Phi) is 8.42. The van der Waals surface area contributed by atoms with E-state index in [1.807, 2.05) is 48.5 Å². The number of hydrogen-bond donors (Lipinski definition) is 0. The average molecular weight is 801 g/mol. The van der Waals surface area contributed by atoms with Gasteiger partial charge in [-0.25, -0.2) is 19.8 Å². The molecule has 292 valence electrons. The summed E-state index contributed by atoms with van der Waals surface area (Å²) in [5.74, 6) is 1.84. The van der Waals surface area contributed by atoms with E-state index in [9.17, 15) is 0 Å². The van der Waals surface area contributed by atoms with Gasteiger partial charge in [0, 0.05) is 16.7 Å². The summed E-state index contributed by atoms with van der Waals surface area (Å²) >= 11 is 0. The molecule has 2 aliphatic carbocycles. The van der Waals surface area contributed by atoms with Gasteiger partial charge in [0.1, 0.15) is 0 Å². The fourth-order valence-electron chi connectivity index (χ4n) is 9.89. The highest BCUT2D eigenvalue weighted by atomic mass is 15.0. The summed E-state index contributed by atoms with van der Waals surface area (Å²) in [5.41, 5.74) is 19.3. The molecule has 0 aliphatic heterocycles. The van der Waals surface area contributed by atoms with Crippen molar-refractivity contribution in [2.24, 2.45) is 0 Å². The first-order valence-electron chi connectivity index (χ1n) is 21.2. The van der Waals surface area contributed by atoms with Crippen molar-refractivity contribution in [3.05, 3.63) is 252 Å². The van der Waals surface area contributed by atoms with E-state index in [1.54, 1.807) is 0 Å². The molecular weight excluding hydrogens is 765 g/mol. The Hall–Kier alpha value is -8.52. The van der Waals surface area contributed by atoms with Crippen LogP contribution in [0.3, 0.4) is 0 Å². The Balaban J connectivity index is 0.987. The second-order valence-corrected chi connectivity index (χ2v) is 16.2. The molecule has 0 N–H and O–H groups in total. The predicted molar refractivity (Wildman–Crippen MR) is 255 cm³/mol. The Labute approximate surface area is 366 Å². The molecule has 63 heavy (non-hydrogen) atoms. The topological polar surface area (TPSA) is 43.0 Å². The first-order valence-corrected chi connectivity index (χ1v) is 21.2. The van der Waals surface area contributed by atoms with Gasteiger partial charge >= 0.3 is 0 Å². The third-order valence-corrected chi connectivity index (χ3v) is 12.8. The quantitative estimate of drug-likeness (QED) is 0.157. The van der Waals surface area contributed by atoms with Gasteiger partial charge in [-0.2, -0.15) is 0 Å². The Bertz CT molecular complexity index is 3340. The highest BCUT2D eigenvalue weighted by Gasteiger charge is 2.51. The zero-order valence-corrected chi connectivity index (χ0v) is 34.1. The number of hydrogen-bond acceptors (Lipinski definition) is 3. The summed E-state index contributed by atoms with van der Waals surface area (Å²) in [6, 6.07) is 77.0. The van der Waals surface area contributed by atoms with Gasteiger partial charge in [-0.3, -0.25) is 0 Å². The lowest BCUT2D eigenvalue weighted by molar-refractivity contribution is 0.794. The lowest BCUT2D eigenvalue weighted by atomic mass is 9.70. The Morgan fingerprint density at radius 2 is 0.698 bits per heavy atom. The Morgan fingerprint density at radius 3 is 1.27 bits per heavy atom. The van der Waals surface area contributed by atoms with E-state index in [0.29, 0.717) is 23.2 Å². The standard InChI is InChI=1S/C59H36N4/c1-60-47-30-32-54-51(37-47)50-31-29-43(36-55(50)59(54)52-23-13-11-21-48(52)49-22-12-14-24-53(49)59)40-25-27-42(28-26-40)57-61-56(41-19-9-4-10-20-41)62-58(63-57)46-34-44(38-15-5-2-6-16-38)33-45(35-46)39-17-7-3-8-18-39/h2-37H. The highest BCUT2D eigenvalue weighted by molar-refractivity contribution is 5.96. The second kappa shape index (κ2) is 14.6.